The van der Waals surface area contributed by atoms with Gasteiger partial charge in [-0.1, -0.05) is 44.2 Å². The van der Waals surface area contributed by atoms with E-state index in [4.69, 9.17) is 4.74 Å². The number of likely N-dealkylation sites (tertiary alicyclic amines) is 1. The predicted molar refractivity (Wildman–Crippen MR) is 95.1 cm³/mol. The molecule has 2 aliphatic heterocycles. The molecule has 2 heterocycles. The molecular formula is C20H30N2O. The van der Waals surface area contributed by atoms with Crippen LogP contribution in [0.3, 0.4) is 0 Å². The van der Waals surface area contributed by atoms with Crippen LogP contribution in [0, 0.1) is 0 Å². The van der Waals surface area contributed by atoms with Gasteiger partial charge in [0.1, 0.15) is 5.75 Å². The molecule has 0 amide bonds. The van der Waals surface area contributed by atoms with Crippen LogP contribution in [0.4, 0.5) is 5.69 Å². The third-order valence-corrected chi connectivity index (χ3v) is 6.06. The van der Waals surface area contributed by atoms with E-state index in [0.29, 0.717) is 6.04 Å². The first-order chi connectivity index (χ1) is 11.4. The van der Waals surface area contributed by atoms with Crippen LogP contribution in [0.1, 0.15) is 57.8 Å². The summed E-state index contributed by atoms with van der Waals surface area (Å²) in [7, 11) is 0. The first-order valence-corrected chi connectivity index (χ1v) is 9.64. The minimum absolute atomic E-state index is 0.656. The summed E-state index contributed by atoms with van der Waals surface area (Å²) in [6.07, 6.45) is 12.7. The van der Waals surface area contributed by atoms with E-state index in [1.54, 1.807) is 0 Å². The van der Waals surface area contributed by atoms with E-state index in [2.05, 4.69) is 34.1 Å². The summed E-state index contributed by atoms with van der Waals surface area (Å²) in [5.41, 5.74) is 1.30. The molecule has 3 nitrogen and oxygen atoms in total. The number of para-hydroxylation sites is 2. The Morgan fingerprint density at radius 1 is 0.783 bits per heavy atom. The smallest absolute Gasteiger partial charge is 0.161 e. The fourth-order valence-corrected chi connectivity index (χ4v) is 4.69. The Kier molecular flexibility index (Phi) is 4.74. The molecule has 3 aliphatic rings. The highest BCUT2D eigenvalue weighted by atomic mass is 16.5. The fraction of sp³-hybridized carbons (Fsp3) is 0.700. The second-order valence-corrected chi connectivity index (χ2v) is 7.48. The number of hydrogen-bond acceptors (Lipinski definition) is 3. The van der Waals surface area contributed by atoms with Gasteiger partial charge in [0.2, 0.25) is 0 Å². The molecule has 4 rings (SSSR count). The third kappa shape index (κ3) is 3.35. The molecule has 2 fully saturated rings. The van der Waals surface area contributed by atoms with Crippen molar-refractivity contribution < 1.29 is 4.74 Å². The molecule has 23 heavy (non-hydrogen) atoms. The number of ether oxygens (including phenoxy) is 1. The van der Waals surface area contributed by atoms with Crippen molar-refractivity contribution in [2.24, 2.45) is 0 Å². The number of piperidine rings is 1. The van der Waals surface area contributed by atoms with Crippen molar-refractivity contribution in [1.82, 2.24) is 4.90 Å². The summed E-state index contributed by atoms with van der Waals surface area (Å²) in [4.78, 5) is 5.29. The second-order valence-electron chi connectivity index (χ2n) is 7.48. The van der Waals surface area contributed by atoms with Crippen molar-refractivity contribution in [2.45, 2.75) is 69.9 Å². The Morgan fingerprint density at radius 3 is 2.26 bits per heavy atom. The molecule has 1 saturated carbocycles. The fourth-order valence-electron chi connectivity index (χ4n) is 4.69. The molecule has 0 unspecified atom stereocenters. The van der Waals surface area contributed by atoms with E-state index in [9.17, 15) is 0 Å². The van der Waals surface area contributed by atoms with E-state index in [-0.39, 0.29) is 0 Å². The third-order valence-electron chi connectivity index (χ3n) is 6.06. The Hall–Kier alpha value is -1.22. The number of hydrogen-bond donors (Lipinski definition) is 0. The first kappa shape index (κ1) is 15.3. The van der Waals surface area contributed by atoms with Gasteiger partial charge in [-0.3, -0.25) is 0 Å². The maximum Gasteiger partial charge on any atom is 0.161 e. The van der Waals surface area contributed by atoms with Crippen molar-refractivity contribution in [2.75, 3.05) is 24.7 Å². The number of benzene rings is 1. The molecular weight excluding hydrogens is 284 g/mol. The lowest BCUT2D eigenvalue weighted by Crippen LogP contribution is -2.48. The van der Waals surface area contributed by atoms with Gasteiger partial charge in [0.25, 0.3) is 0 Å². The van der Waals surface area contributed by atoms with E-state index in [1.807, 2.05) is 0 Å². The van der Waals surface area contributed by atoms with E-state index >= 15 is 0 Å². The first-order valence-electron chi connectivity index (χ1n) is 9.64. The van der Waals surface area contributed by atoms with Crippen LogP contribution in [0.5, 0.6) is 5.75 Å². The molecule has 1 aliphatic carbocycles. The standard InChI is InChI=1S/C20H30N2O/c1-2-4-8-17(9-5-3-1)21-14-12-18(13-15-21)22-16-23-20-11-7-6-10-19(20)22/h6-7,10-11,17-18H,1-5,8-9,12-16H2. The van der Waals surface area contributed by atoms with Crippen molar-refractivity contribution in [3.63, 3.8) is 0 Å². The van der Waals surface area contributed by atoms with Gasteiger partial charge in [-0.25, -0.2) is 0 Å². The minimum Gasteiger partial charge on any atom is -0.471 e. The van der Waals surface area contributed by atoms with Gasteiger partial charge in [-0.15, -0.1) is 0 Å². The largest absolute Gasteiger partial charge is 0.471 e. The molecule has 0 spiro atoms. The zero-order valence-corrected chi connectivity index (χ0v) is 14.3. The topological polar surface area (TPSA) is 15.7 Å². The molecule has 0 radical (unpaired) electrons. The van der Waals surface area contributed by atoms with Crippen LogP contribution >= 0.6 is 0 Å². The number of rotatable bonds is 2. The molecule has 126 valence electrons. The Balaban J connectivity index is 1.34. The van der Waals surface area contributed by atoms with Crippen LogP contribution < -0.4 is 9.64 Å². The zero-order valence-electron chi connectivity index (χ0n) is 14.3. The van der Waals surface area contributed by atoms with Crippen LogP contribution in [0.2, 0.25) is 0 Å². The molecule has 1 aromatic rings. The van der Waals surface area contributed by atoms with Gasteiger partial charge < -0.3 is 14.5 Å². The number of fused-ring (bicyclic) bond motifs is 1. The van der Waals surface area contributed by atoms with Crippen molar-refractivity contribution in [3.8, 4) is 5.75 Å². The number of nitrogens with zero attached hydrogens (tertiary/aromatic N) is 2. The molecule has 0 aromatic heterocycles. The Labute approximate surface area is 140 Å². The van der Waals surface area contributed by atoms with Gasteiger partial charge in [-0.05, 0) is 37.8 Å². The van der Waals surface area contributed by atoms with Crippen molar-refractivity contribution in [3.05, 3.63) is 24.3 Å². The van der Waals surface area contributed by atoms with Gasteiger partial charge >= 0.3 is 0 Å². The predicted octanol–water partition coefficient (Wildman–Crippen LogP) is 4.42. The summed E-state index contributed by atoms with van der Waals surface area (Å²) in [5, 5.41) is 0. The average Bonchev–Trinajstić information content (AvgIpc) is 2.99. The number of anilines is 1. The van der Waals surface area contributed by atoms with Crippen molar-refractivity contribution in [1.29, 1.82) is 0 Å². The quantitative estimate of drug-likeness (QED) is 0.803. The lowest BCUT2D eigenvalue weighted by molar-refractivity contribution is 0.126. The molecule has 1 aromatic carbocycles. The average molecular weight is 314 g/mol. The molecule has 3 heteroatoms. The molecule has 0 bridgehead atoms. The highest BCUT2D eigenvalue weighted by Gasteiger charge is 2.32. The van der Waals surface area contributed by atoms with Crippen LogP contribution in [-0.4, -0.2) is 36.8 Å². The maximum atomic E-state index is 5.85. The molecule has 0 N–H and O–H groups in total. The summed E-state index contributed by atoms with van der Waals surface area (Å²) >= 11 is 0. The van der Waals surface area contributed by atoms with E-state index in [1.165, 1.54) is 76.6 Å². The Bertz CT molecular complexity index is 502. The lowest BCUT2D eigenvalue weighted by atomic mass is 9.93. The zero-order chi connectivity index (χ0) is 15.5. The van der Waals surface area contributed by atoms with Crippen molar-refractivity contribution >= 4 is 5.69 Å². The SMILES string of the molecule is c1ccc2c(c1)OCN2C1CCN(C2CCCCCCC2)CC1. The molecule has 1 saturated heterocycles. The van der Waals surface area contributed by atoms with Gasteiger partial charge in [0.05, 0.1) is 5.69 Å². The van der Waals surface area contributed by atoms with Gasteiger partial charge in [-0.2, -0.15) is 0 Å². The highest BCUT2D eigenvalue weighted by molar-refractivity contribution is 5.61. The second kappa shape index (κ2) is 7.12. The summed E-state index contributed by atoms with van der Waals surface area (Å²) in [5.74, 6) is 1.06. The van der Waals surface area contributed by atoms with Crippen LogP contribution in [0.25, 0.3) is 0 Å². The van der Waals surface area contributed by atoms with E-state index in [0.717, 1.165) is 18.5 Å². The maximum absolute atomic E-state index is 5.85. The van der Waals surface area contributed by atoms with Gasteiger partial charge in [0, 0.05) is 25.2 Å². The molecule has 0 atom stereocenters. The van der Waals surface area contributed by atoms with Gasteiger partial charge in [0.15, 0.2) is 6.73 Å². The normalized spacial score (nSPS) is 24.8. The monoisotopic (exact) mass is 314 g/mol. The van der Waals surface area contributed by atoms with E-state index < -0.39 is 0 Å². The highest BCUT2D eigenvalue weighted by Crippen LogP contribution is 2.37. The van der Waals surface area contributed by atoms with Crippen LogP contribution in [-0.2, 0) is 0 Å². The summed E-state index contributed by atoms with van der Waals surface area (Å²) in [6.45, 7) is 3.29. The van der Waals surface area contributed by atoms with Crippen LogP contribution in [0.15, 0.2) is 24.3 Å². The summed E-state index contributed by atoms with van der Waals surface area (Å²) in [6, 6.07) is 10.0. The lowest BCUT2D eigenvalue weighted by Gasteiger charge is -2.41. The minimum atomic E-state index is 0.656. The Morgan fingerprint density at radius 2 is 1.48 bits per heavy atom. The summed E-state index contributed by atoms with van der Waals surface area (Å²) < 4.78 is 5.85.